The fourth-order valence-corrected chi connectivity index (χ4v) is 3.03. The second-order valence-corrected chi connectivity index (χ2v) is 6.74. The number of rotatable bonds is 7. The van der Waals surface area contributed by atoms with E-state index in [1.807, 2.05) is 31.2 Å². The summed E-state index contributed by atoms with van der Waals surface area (Å²) in [7, 11) is 0. The summed E-state index contributed by atoms with van der Waals surface area (Å²) in [6, 6.07) is 14.8. The van der Waals surface area contributed by atoms with Crippen LogP contribution < -0.4 is 15.4 Å². The standard InChI is InChI=1S/C22H20FN7O2/c1-3-32-17-9-6-15(7-10-17)25-21-18(5-4-12-24-21)22(31)26-16-8-11-19(23)20(13-16)30-14(2)27-28-29-30/h4-13H,3H2,1-2H3,(H,24,25)(H,26,31). The number of carbonyl (C=O) groups excluding carboxylic acids is 1. The first-order chi connectivity index (χ1) is 15.5. The molecule has 0 spiro atoms. The Labute approximate surface area is 183 Å². The van der Waals surface area contributed by atoms with Crippen molar-refractivity contribution in [3.05, 3.63) is 78.0 Å². The maximum absolute atomic E-state index is 14.3. The van der Waals surface area contributed by atoms with Crippen LogP contribution in [0.25, 0.3) is 5.69 Å². The quantitative estimate of drug-likeness (QED) is 0.455. The number of hydrogen-bond donors (Lipinski definition) is 2. The van der Waals surface area contributed by atoms with Crippen molar-refractivity contribution in [3.63, 3.8) is 0 Å². The minimum Gasteiger partial charge on any atom is -0.494 e. The van der Waals surface area contributed by atoms with Crippen LogP contribution in [0.5, 0.6) is 5.75 Å². The van der Waals surface area contributed by atoms with Gasteiger partial charge in [-0.2, -0.15) is 4.68 Å². The van der Waals surface area contributed by atoms with Gasteiger partial charge in [0.2, 0.25) is 0 Å². The molecule has 2 aromatic carbocycles. The molecular formula is C22H20FN7O2. The summed E-state index contributed by atoms with van der Waals surface area (Å²) in [5.41, 5.74) is 1.59. The molecule has 0 aliphatic heterocycles. The van der Waals surface area contributed by atoms with Crippen molar-refractivity contribution in [1.29, 1.82) is 0 Å². The smallest absolute Gasteiger partial charge is 0.259 e. The number of tetrazole rings is 1. The van der Waals surface area contributed by atoms with Gasteiger partial charge in [0, 0.05) is 17.6 Å². The molecule has 10 heteroatoms. The highest BCUT2D eigenvalue weighted by Crippen LogP contribution is 2.23. The number of amides is 1. The van der Waals surface area contributed by atoms with Crippen LogP contribution in [0.2, 0.25) is 0 Å². The Morgan fingerprint density at radius 1 is 1.12 bits per heavy atom. The number of pyridine rings is 1. The van der Waals surface area contributed by atoms with E-state index in [2.05, 4.69) is 31.1 Å². The molecule has 0 saturated carbocycles. The zero-order valence-corrected chi connectivity index (χ0v) is 17.4. The summed E-state index contributed by atoms with van der Waals surface area (Å²) in [6.45, 7) is 4.15. The number of aromatic nitrogens is 5. The monoisotopic (exact) mass is 433 g/mol. The highest BCUT2D eigenvalue weighted by Gasteiger charge is 2.15. The average molecular weight is 433 g/mol. The molecule has 4 aromatic rings. The van der Waals surface area contributed by atoms with Gasteiger partial charge in [-0.15, -0.1) is 5.10 Å². The number of nitrogens with zero attached hydrogens (tertiary/aromatic N) is 5. The molecule has 162 valence electrons. The van der Waals surface area contributed by atoms with Gasteiger partial charge in [0.1, 0.15) is 23.1 Å². The van der Waals surface area contributed by atoms with E-state index >= 15 is 0 Å². The summed E-state index contributed by atoms with van der Waals surface area (Å²) in [4.78, 5) is 17.2. The fraction of sp³-hybridized carbons (Fsp3) is 0.136. The topological polar surface area (TPSA) is 107 Å². The molecule has 0 aliphatic rings. The van der Waals surface area contributed by atoms with E-state index in [9.17, 15) is 9.18 Å². The number of benzene rings is 2. The number of nitrogens with one attached hydrogen (secondary N) is 2. The second kappa shape index (κ2) is 9.21. The van der Waals surface area contributed by atoms with Crippen molar-refractivity contribution >= 4 is 23.1 Å². The number of hydrogen-bond acceptors (Lipinski definition) is 7. The Kier molecular flexibility index (Phi) is 6.02. The molecule has 0 saturated heterocycles. The van der Waals surface area contributed by atoms with Gasteiger partial charge in [-0.05, 0) is 78.9 Å². The molecule has 0 fully saturated rings. The molecule has 32 heavy (non-hydrogen) atoms. The Balaban J connectivity index is 1.55. The maximum Gasteiger partial charge on any atom is 0.259 e. The third kappa shape index (κ3) is 4.53. The van der Waals surface area contributed by atoms with E-state index in [-0.39, 0.29) is 5.69 Å². The van der Waals surface area contributed by atoms with E-state index in [1.54, 1.807) is 25.3 Å². The van der Waals surface area contributed by atoms with Crippen LogP contribution in [0.3, 0.4) is 0 Å². The minimum absolute atomic E-state index is 0.129. The van der Waals surface area contributed by atoms with Gasteiger partial charge in [0.05, 0.1) is 12.2 Å². The first-order valence-electron chi connectivity index (χ1n) is 9.86. The summed E-state index contributed by atoms with van der Waals surface area (Å²) in [5, 5.41) is 17.0. The van der Waals surface area contributed by atoms with Crippen LogP contribution in [-0.4, -0.2) is 37.7 Å². The first-order valence-corrected chi connectivity index (χ1v) is 9.86. The number of aryl methyl sites for hydroxylation is 1. The van der Waals surface area contributed by atoms with Crippen LogP contribution in [-0.2, 0) is 0 Å². The summed E-state index contributed by atoms with van der Waals surface area (Å²) >= 11 is 0. The first kappa shape index (κ1) is 20.9. The molecule has 0 unspecified atom stereocenters. The molecule has 2 aromatic heterocycles. The zero-order chi connectivity index (χ0) is 22.5. The van der Waals surface area contributed by atoms with Crippen molar-refractivity contribution in [2.75, 3.05) is 17.2 Å². The van der Waals surface area contributed by atoms with Gasteiger partial charge < -0.3 is 15.4 Å². The SMILES string of the molecule is CCOc1ccc(Nc2ncccc2C(=O)Nc2ccc(F)c(-n3nnnc3C)c2)cc1. The lowest BCUT2D eigenvalue weighted by molar-refractivity contribution is 0.102. The Morgan fingerprint density at radius 2 is 1.91 bits per heavy atom. The van der Waals surface area contributed by atoms with Crippen LogP contribution >= 0.6 is 0 Å². The summed E-state index contributed by atoms with van der Waals surface area (Å²) in [5.74, 6) is 0.631. The Hall–Kier alpha value is -4.34. The predicted octanol–water partition coefficient (Wildman–Crippen LogP) is 3.90. The lowest BCUT2D eigenvalue weighted by atomic mass is 10.2. The average Bonchev–Trinajstić information content (AvgIpc) is 3.22. The van der Waals surface area contributed by atoms with Gasteiger partial charge in [-0.3, -0.25) is 4.79 Å². The van der Waals surface area contributed by atoms with E-state index < -0.39 is 11.7 Å². The molecule has 0 aliphatic carbocycles. The van der Waals surface area contributed by atoms with Gasteiger partial charge >= 0.3 is 0 Å². The van der Waals surface area contributed by atoms with Gasteiger partial charge in [0.15, 0.2) is 5.82 Å². The lowest BCUT2D eigenvalue weighted by Crippen LogP contribution is -2.15. The highest BCUT2D eigenvalue weighted by atomic mass is 19.1. The zero-order valence-electron chi connectivity index (χ0n) is 17.4. The van der Waals surface area contributed by atoms with Crippen LogP contribution in [0.15, 0.2) is 60.8 Å². The number of carbonyl (C=O) groups is 1. The van der Waals surface area contributed by atoms with E-state index in [0.29, 0.717) is 29.5 Å². The number of ether oxygens (including phenoxy) is 1. The number of anilines is 3. The minimum atomic E-state index is -0.516. The van der Waals surface area contributed by atoms with Crippen molar-refractivity contribution < 1.29 is 13.9 Å². The Bertz CT molecular complexity index is 1240. The summed E-state index contributed by atoms with van der Waals surface area (Å²) in [6.07, 6.45) is 1.59. The van der Waals surface area contributed by atoms with Crippen molar-refractivity contribution in [2.24, 2.45) is 0 Å². The molecule has 4 rings (SSSR count). The van der Waals surface area contributed by atoms with E-state index in [1.165, 1.54) is 22.9 Å². The van der Waals surface area contributed by atoms with E-state index in [4.69, 9.17) is 4.74 Å². The van der Waals surface area contributed by atoms with Crippen molar-refractivity contribution in [2.45, 2.75) is 13.8 Å². The molecule has 2 N–H and O–H groups in total. The normalized spacial score (nSPS) is 10.6. The largest absolute Gasteiger partial charge is 0.494 e. The third-order valence-corrected chi connectivity index (χ3v) is 4.54. The molecule has 0 atom stereocenters. The van der Waals surface area contributed by atoms with Gasteiger partial charge in [0.25, 0.3) is 5.91 Å². The van der Waals surface area contributed by atoms with Gasteiger partial charge in [-0.1, -0.05) is 0 Å². The predicted molar refractivity (Wildman–Crippen MR) is 117 cm³/mol. The van der Waals surface area contributed by atoms with Crippen LogP contribution in [0.1, 0.15) is 23.1 Å². The molecule has 0 bridgehead atoms. The molecule has 0 radical (unpaired) electrons. The summed E-state index contributed by atoms with van der Waals surface area (Å²) < 4.78 is 21.0. The van der Waals surface area contributed by atoms with Crippen molar-refractivity contribution in [1.82, 2.24) is 25.2 Å². The molecule has 1 amide bonds. The Morgan fingerprint density at radius 3 is 2.62 bits per heavy atom. The fourth-order valence-electron chi connectivity index (χ4n) is 3.03. The number of halogens is 1. The molecule has 2 heterocycles. The third-order valence-electron chi connectivity index (χ3n) is 4.54. The lowest BCUT2D eigenvalue weighted by Gasteiger charge is -2.13. The molecular weight excluding hydrogens is 413 g/mol. The van der Waals surface area contributed by atoms with Gasteiger partial charge in [-0.25, -0.2) is 9.37 Å². The van der Waals surface area contributed by atoms with Crippen LogP contribution in [0.4, 0.5) is 21.6 Å². The molecule has 9 nitrogen and oxygen atoms in total. The van der Waals surface area contributed by atoms with Crippen LogP contribution in [0, 0.1) is 12.7 Å². The van der Waals surface area contributed by atoms with Crippen molar-refractivity contribution in [3.8, 4) is 11.4 Å². The maximum atomic E-state index is 14.3. The second-order valence-electron chi connectivity index (χ2n) is 6.74. The highest BCUT2D eigenvalue weighted by molar-refractivity contribution is 6.07. The van der Waals surface area contributed by atoms with E-state index in [0.717, 1.165) is 11.4 Å².